The summed E-state index contributed by atoms with van der Waals surface area (Å²) in [5.74, 6) is -0.822. The van der Waals surface area contributed by atoms with Crippen molar-refractivity contribution in [3.63, 3.8) is 0 Å². The fraction of sp³-hybridized carbons (Fsp3) is 0.696. The van der Waals surface area contributed by atoms with E-state index in [0.717, 1.165) is 18.7 Å². The van der Waals surface area contributed by atoms with E-state index in [0.29, 0.717) is 39.0 Å². The highest BCUT2D eigenvalue weighted by Gasteiger charge is 2.37. The van der Waals surface area contributed by atoms with E-state index in [2.05, 4.69) is 4.90 Å². The SMILES string of the molecule is CC(C)(C)OC(=O)N1CCN([C@H]2CC[C@H](COc3ccc(S(C)(=O)=O)cc3F)CC2F)CC1. The van der Waals surface area contributed by atoms with Crippen LogP contribution in [0.2, 0.25) is 0 Å². The van der Waals surface area contributed by atoms with Gasteiger partial charge in [-0.1, -0.05) is 0 Å². The molecule has 0 radical (unpaired) electrons. The largest absolute Gasteiger partial charge is 0.490 e. The summed E-state index contributed by atoms with van der Waals surface area (Å²) in [6, 6.07) is 3.34. The molecule has 1 saturated heterocycles. The Morgan fingerprint density at radius 1 is 1.15 bits per heavy atom. The molecule has 1 aromatic rings. The predicted molar refractivity (Wildman–Crippen MR) is 120 cm³/mol. The highest BCUT2D eigenvalue weighted by molar-refractivity contribution is 7.90. The van der Waals surface area contributed by atoms with E-state index in [9.17, 15) is 17.6 Å². The van der Waals surface area contributed by atoms with E-state index in [1.54, 1.807) is 4.90 Å². The Labute approximate surface area is 194 Å². The molecule has 186 valence electrons. The number of sulfone groups is 1. The van der Waals surface area contributed by atoms with Crippen molar-refractivity contribution in [2.45, 2.75) is 62.7 Å². The molecule has 0 N–H and O–H groups in total. The van der Waals surface area contributed by atoms with Gasteiger partial charge >= 0.3 is 6.09 Å². The molecular weight excluding hydrogens is 454 g/mol. The van der Waals surface area contributed by atoms with E-state index in [1.807, 2.05) is 20.8 Å². The molecule has 0 bridgehead atoms. The molecule has 3 atom stereocenters. The average Bonchev–Trinajstić information content (AvgIpc) is 2.71. The molecule has 2 aliphatic rings. The number of rotatable bonds is 5. The van der Waals surface area contributed by atoms with Crippen molar-refractivity contribution in [2.24, 2.45) is 5.92 Å². The van der Waals surface area contributed by atoms with Gasteiger partial charge in [0, 0.05) is 38.5 Å². The lowest BCUT2D eigenvalue weighted by atomic mass is 9.84. The minimum Gasteiger partial charge on any atom is -0.490 e. The summed E-state index contributed by atoms with van der Waals surface area (Å²) in [7, 11) is -3.50. The van der Waals surface area contributed by atoms with Gasteiger partial charge in [-0.15, -0.1) is 0 Å². The summed E-state index contributed by atoms with van der Waals surface area (Å²) in [4.78, 5) is 15.9. The molecule has 2 fully saturated rings. The summed E-state index contributed by atoms with van der Waals surface area (Å²) in [5.41, 5.74) is -0.544. The van der Waals surface area contributed by atoms with Gasteiger partial charge in [-0.2, -0.15) is 0 Å². The van der Waals surface area contributed by atoms with Crippen LogP contribution in [-0.2, 0) is 14.6 Å². The third-order valence-corrected chi connectivity index (χ3v) is 7.20. The molecule has 0 spiro atoms. The highest BCUT2D eigenvalue weighted by atomic mass is 32.2. The molecule has 1 unspecified atom stereocenters. The maximum atomic E-state index is 15.0. The highest BCUT2D eigenvalue weighted by Crippen LogP contribution is 2.32. The Kier molecular flexibility index (Phi) is 7.88. The molecule has 3 rings (SSSR count). The zero-order valence-corrected chi connectivity index (χ0v) is 20.5. The van der Waals surface area contributed by atoms with Crippen LogP contribution in [0.15, 0.2) is 23.1 Å². The monoisotopic (exact) mass is 488 g/mol. The van der Waals surface area contributed by atoms with Crippen LogP contribution < -0.4 is 4.74 Å². The number of benzene rings is 1. The van der Waals surface area contributed by atoms with Crippen LogP contribution in [-0.4, -0.2) is 81.2 Å². The summed E-state index contributed by atoms with van der Waals surface area (Å²) < 4.78 is 63.2. The van der Waals surface area contributed by atoms with Crippen molar-refractivity contribution in [1.29, 1.82) is 0 Å². The first-order valence-electron chi connectivity index (χ1n) is 11.3. The first kappa shape index (κ1) is 25.7. The second kappa shape index (κ2) is 10.1. The molecule has 10 heteroatoms. The van der Waals surface area contributed by atoms with Crippen LogP contribution in [0.4, 0.5) is 13.6 Å². The second-order valence-electron chi connectivity index (χ2n) is 9.94. The average molecular weight is 489 g/mol. The van der Waals surface area contributed by atoms with E-state index in [-0.39, 0.29) is 35.3 Å². The van der Waals surface area contributed by atoms with Gasteiger partial charge in [0.1, 0.15) is 11.8 Å². The van der Waals surface area contributed by atoms with Crippen molar-refractivity contribution in [1.82, 2.24) is 9.80 Å². The van der Waals surface area contributed by atoms with Crippen molar-refractivity contribution in [2.75, 3.05) is 39.0 Å². The molecule has 1 heterocycles. The minimum atomic E-state index is -3.50. The molecule has 1 saturated carbocycles. The molecule has 1 aromatic carbocycles. The Balaban J connectivity index is 1.46. The van der Waals surface area contributed by atoms with E-state index < -0.39 is 27.4 Å². The molecule has 1 aliphatic carbocycles. The molecule has 7 nitrogen and oxygen atoms in total. The Morgan fingerprint density at radius 3 is 2.36 bits per heavy atom. The summed E-state index contributed by atoms with van der Waals surface area (Å²) in [5, 5.41) is 0. The maximum Gasteiger partial charge on any atom is 0.410 e. The van der Waals surface area contributed by atoms with Gasteiger partial charge in [-0.25, -0.2) is 22.0 Å². The molecule has 0 aromatic heterocycles. The van der Waals surface area contributed by atoms with Crippen LogP contribution in [0.1, 0.15) is 40.0 Å². The number of hydrogen-bond donors (Lipinski definition) is 0. The minimum absolute atomic E-state index is 0.0294. The maximum absolute atomic E-state index is 15.0. The van der Waals surface area contributed by atoms with Crippen molar-refractivity contribution in [3.8, 4) is 5.75 Å². The Bertz CT molecular complexity index is 943. The topological polar surface area (TPSA) is 76.2 Å². The summed E-state index contributed by atoms with van der Waals surface area (Å²) in [6.07, 6.45) is 1.38. The number of carbonyl (C=O) groups excluding carboxylic acids is 1. The number of alkyl halides is 1. The normalized spacial score (nSPS) is 25.0. The third kappa shape index (κ3) is 7.02. The molecular formula is C23H34F2N2O5S. The molecule has 33 heavy (non-hydrogen) atoms. The van der Waals surface area contributed by atoms with Crippen LogP contribution >= 0.6 is 0 Å². The molecule has 1 amide bonds. The van der Waals surface area contributed by atoms with Crippen LogP contribution in [0.25, 0.3) is 0 Å². The quantitative estimate of drug-likeness (QED) is 0.630. The third-order valence-electron chi connectivity index (χ3n) is 6.09. The van der Waals surface area contributed by atoms with Crippen molar-refractivity contribution < 1.29 is 31.5 Å². The number of amides is 1. The predicted octanol–water partition coefficient (Wildman–Crippen LogP) is 3.67. The van der Waals surface area contributed by atoms with Gasteiger partial charge in [0.2, 0.25) is 0 Å². The van der Waals surface area contributed by atoms with Gasteiger partial charge < -0.3 is 14.4 Å². The van der Waals surface area contributed by atoms with Crippen LogP contribution in [0, 0.1) is 11.7 Å². The van der Waals surface area contributed by atoms with Crippen LogP contribution in [0.3, 0.4) is 0 Å². The first-order valence-corrected chi connectivity index (χ1v) is 13.2. The van der Waals surface area contributed by atoms with Gasteiger partial charge in [0.15, 0.2) is 21.4 Å². The lowest BCUT2D eigenvalue weighted by Crippen LogP contribution is -2.56. The number of hydrogen-bond acceptors (Lipinski definition) is 6. The van der Waals surface area contributed by atoms with Gasteiger partial charge in [-0.05, 0) is 64.2 Å². The van der Waals surface area contributed by atoms with Crippen molar-refractivity contribution in [3.05, 3.63) is 24.0 Å². The Hall–Kier alpha value is -1.94. The number of nitrogens with zero attached hydrogens (tertiary/aromatic N) is 2. The lowest BCUT2D eigenvalue weighted by Gasteiger charge is -2.43. The van der Waals surface area contributed by atoms with E-state index >= 15 is 4.39 Å². The van der Waals surface area contributed by atoms with Gasteiger partial charge in [0.05, 0.1) is 11.5 Å². The van der Waals surface area contributed by atoms with Gasteiger partial charge in [-0.3, -0.25) is 4.90 Å². The number of carbonyl (C=O) groups is 1. The smallest absolute Gasteiger partial charge is 0.410 e. The van der Waals surface area contributed by atoms with E-state index in [4.69, 9.17) is 9.47 Å². The van der Waals surface area contributed by atoms with Crippen LogP contribution in [0.5, 0.6) is 5.75 Å². The van der Waals surface area contributed by atoms with E-state index in [1.165, 1.54) is 12.1 Å². The fourth-order valence-electron chi connectivity index (χ4n) is 4.34. The zero-order valence-electron chi connectivity index (χ0n) is 19.7. The second-order valence-corrected chi connectivity index (χ2v) is 12.0. The number of piperazine rings is 1. The fourth-order valence-corrected chi connectivity index (χ4v) is 4.98. The standard InChI is InChI=1S/C23H34F2N2O5S/c1-23(2,3)32-22(28)27-11-9-26(10-12-27)20-7-5-16(13-18(20)24)15-31-21-8-6-17(14-19(21)25)33(4,29)30/h6,8,14,16,18,20H,5,7,9-13,15H2,1-4H3/t16-,18?,20-/m0/s1. The lowest BCUT2D eigenvalue weighted by molar-refractivity contribution is -0.00677. The Morgan fingerprint density at radius 2 is 1.82 bits per heavy atom. The van der Waals surface area contributed by atoms with Crippen molar-refractivity contribution >= 4 is 15.9 Å². The zero-order chi connectivity index (χ0) is 24.4. The molecule has 1 aliphatic heterocycles. The summed E-state index contributed by atoms with van der Waals surface area (Å²) >= 11 is 0. The number of halogens is 2. The first-order chi connectivity index (χ1) is 15.3. The number of ether oxygens (including phenoxy) is 2. The van der Waals surface area contributed by atoms with Gasteiger partial charge in [0.25, 0.3) is 0 Å². The summed E-state index contributed by atoms with van der Waals surface area (Å²) in [6.45, 7) is 7.88.